The summed E-state index contributed by atoms with van der Waals surface area (Å²) in [7, 11) is 0. The first-order chi connectivity index (χ1) is 9.42. The van der Waals surface area contributed by atoms with Crippen molar-refractivity contribution in [3.63, 3.8) is 0 Å². The fourth-order valence-electron chi connectivity index (χ4n) is 2.95. The van der Waals surface area contributed by atoms with E-state index in [0.29, 0.717) is 11.5 Å². The fourth-order valence-corrected chi connectivity index (χ4v) is 2.95. The molecule has 0 spiro atoms. The number of nitrogens with zero attached hydrogens (tertiary/aromatic N) is 4. The van der Waals surface area contributed by atoms with Crippen molar-refractivity contribution in [1.29, 1.82) is 0 Å². The monoisotopic (exact) mass is 279 g/mol. The van der Waals surface area contributed by atoms with Gasteiger partial charge in [0.2, 0.25) is 11.8 Å². The lowest BCUT2D eigenvalue weighted by Gasteiger charge is -2.26. The van der Waals surface area contributed by atoms with Gasteiger partial charge in [-0.05, 0) is 31.6 Å². The second-order valence-electron chi connectivity index (χ2n) is 5.48. The summed E-state index contributed by atoms with van der Waals surface area (Å²) in [5, 5.41) is 11.3. The van der Waals surface area contributed by atoms with E-state index in [0.717, 1.165) is 32.4 Å². The van der Waals surface area contributed by atoms with Crippen LogP contribution in [0.15, 0.2) is 0 Å². The van der Waals surface area contributed by atoms with Crippen molar-refractivity contribution in [2.45, 2.75) is 40.0 Å². The number of nitrogen functional groups attached to an aromatic ring is 1. The van der Waals surface area contributed by atoms with Crippen LogP contribution in [0.2, 0.25) is 0 Å². The molecule has 2 N–H and O–H groups in total. The van der Waals surface area contributed by atoms with Gasteiger partial charge in [-0.2, -0.15) is 4.98 Å². The van der Waals surface area contributed by atoms with Gasteiger partial charge in [0.05, 0.1) is 4.92 Å². The number of aryl methyl sites for hydroxylation is 1. The third-order valence-corrected chi connectivity index (χ3v) is 4.48. The van der Waals surface area contributed by atoms with E-state index in [-0.39, 0.29) is 17.1 Å². The number of hydrogen-bond donors (Lipinski definition) is 1. The molecule has 0 atom stereocenters. The molecule has 1 aliphatic heterocycles. The van der Waals surface area contributed by atoms with E-state index in [2.05, 4.69) is 23.8 Å². The van der Waals surface area contributed by atoms with E-state index in [1.54, 1.807) is 6.92 Å². The Kier molecular flexibility index (Phi) is 3.78. The highest BCUT2D eigenvalue weighted by molar-refractivity contribution is 5.62. The summed E-state index contributed by atoms with van der Waals surface area (Å²) < 4.78 is 0. The predicted molar refractivity (Wildman–Crippen MR) is 77.7 cm³/mol. The largest absolute Gasteiger partial charge is 0.368 e. The molecular formula is C13H21N5O2. The SMILES string of the molecule is CCC1(CC)CCN(c2nc(N)nc(C)c2[N+](=O)[O-])C1. The van der Waals surface area contributed by atoms with Crippen LogP contribution in [-0.2, 0) is 0 Å². The number of rotatable bonds is 4. The molecule has 1 aromatic rings. The molecule has 0 amide bonds. The second-order valence-corrected chi connectivity index (χ2v) is 5.48. The number of aromatic nitrogens is 2. The van der Waals surface area contributed by atoms with Crippen LogP contribution in [0, 0.1) is 22.5 Å². The topological polar surface area (TPSA) is 98.2 Å². The molecule has 0 radical (unpaired) electrons. The molecule has 7 heteroatoms. The molecule has 1 aromatic heterocycles. The van der Waals surface area contributed by atoms with Crippen LogP contribution < -0.4 is 10.6 Å². The first-order valence-corrected chi connectivity index (χ1v) is 6.96. The lowest BCUT2D eigenvalue weighted by Crippen LogP contribution is -2.28. The Morgan fingerprint density at radius 2 is 2.05 bits per heavy atom. The quantitative estimate of drug-likeness (QED) is 0.670. The van der Waals surface area contributed by atoms with Crippen molar-refractivity contribution in [3.8, 4) is 0 Å². The number of hydrogen-bond acceptors (Lipinski definition) is 6. The molecule has 0 aromatic carbocycles. The molecule has 2 heterocycles. The summed E-state index contributed by atoms with van der Waals surface area (Å²) in [5.74, 6) is 0.456. The zero-order valence-electron chi connectivity index (χ0n) is 12.2. The summed E-state index contributed by atoms with van der Waals surface area (Å²) in [6, 6.07) is 0. The molecule has 2 rings (SSSR count). The van der Waals surface area contributed by atoms with Crippen LogP contribution in [0.5, 0.6) is 0 Å². The van der Waals surface area contributed by atoms with Gasteiger partial charge in [-0.25, -0.2) is 4.98 Å². The normalized spacial score (nSPS) is 17.4. The minimum atomic E-state index is -0.415. The van der Waals surface area contributed by atoms with Crippen molar-refractivity contribution in [1.82, 2.24) is 9.97 Å². The molecule has 0 unspecified atom stereocenters. The molecule has 110 valence electrons. The highest BCUT2D eigenvalue weighted by Gasteiger charge is 2.38. The van der Waals surface area contributed by atoms with Gasteiger partial charge in [0.15, 0.2) is 0 Å². The molecule has 20 heavy (non-hydrogen) atoms. The maximum Gasteiger partial charge on any atom is 0.332 e. The molecule has 0 bridgehead atoms. The van der Waals surface area contributed by atoms with Crippen LogP contribution in [0.4, 0.5) is 17.5 Å². The van der Waals surface area contributed by atoms with Crippen molar-refractivity contribution in [3.05, 3.63) is 15.8 Å². The Labute approximate surface area is 118 Å². The first-order valence-electron chi connectivity index (χ1n) is 6.96. The van der Waals surface area contributed by atoms with Crippen LogP contribution in [0.1, 0.15) is 38.8 Å². The third kappa shape index (κ3) is 2.39. The predicted octanol–water partition coefficient (Wildman–Crippen LogP) is 2.29. The lowest BCUT2D eigenvalue weighted by molar-refractivity contribution is -0.385. The first kappa shape index (κ1) is 14.5. The minimum absolute atomic E-state index is 0.0257. The van der Waals surface area contributed by atoms with Crippen molar-refractivity contribution in [2.24, 2.45) is 5.41 Å². The average Bonchev–Trinajstić information content (AvgIpc) is 2.82. The van der Waals surface area contributed by atoms with E-state index in [9.17, 15) is 10.1 Å². The van der Waals surface area contributed by atoms with Gasteiger partial charge < -0.3 is 10.6 Å². The van der Waals surface area contributed by atoms with Crippen molar-refractivity contribution < 1.29 is 4.92 Å². The van der Waals surface area contributed by atoms with Gasteiger partial charge in [0.25, 0.3) is 0 Å². The molecular weight excluding hydrogens is 258 g/mol. The number of nitrogens with two attached hydrogens (primary N) is 1. The summed E-state index contributed by atoms with van der Waals surface area (Å²) in [6.45, 7) is 7.50. The van der Waals surface area contributed by atoms with Crippen LogP contribution in [-0.4, -0.2) is 28.0 Å². The minimum Gasteiger partial charge on any atom is -0.368 e. The van der Waals surface area contributed by atoms with E-state index < -0.39 is 4.92 Å². The lowest BCUT2D eigenvalue weighted by atomic mass is 9.82. The zero-order chi connectivity index (χ0) is 14.9. The molecule has 0 aliphatic carbocycles. The summed E-state index contributed by atoms with van der Waals surface area (Å²) in [4.78, 5) is 20.9. The molecule has 7 nitrogen and oxygen atoms in total. The maximum atomic E-state index is 11.3. The van der Waals surface area contributed by atoms with Gasteiger partial charge >= 0.3 is 5.69 Å². The fraction of sp³-hybridized carbons (Fsp3) is 0.692. The Morgan fingerprint density at radius 3 is 2.55 bits per heavy atom. The van der Waals surface area contributed by atoms with Gasteiger partial charge in [-0.1, -0.05) is 13.8 Å². The van der Waals surface area contributed by atoms with E-state index in [4.69, 9.17) is 5.73 Å². The maximum absolute atomic E-state index is 11.3. The third-order valence-electron chi connectivity index (χ3n) is 4.48. The molecule has 1 fully saturated rings. The van der Waals surface area contributed by atoms with Crippen molar-refractivity contribution >= 4 is 17.5 Å². The Hall–Kier alpha value is -1.92. The Bertz CT molecular complexity index is 528. The standard InChI is InChI=1S/C13H21N5O2/c1-4-13(5-2)6-7-17(8-13)11-10(18(19)20)9(3)15-12(14)16-11/h4-8H2,1-3H3,(H2,14,15,16). The van der Waals surface area contributed by atoms with Gasteiger partial charge in [0, 0.05) is 13.1 Å². The molecule has 1 saturated heterocycles. The van der Waals surface area contributed by atoms with Gasteiger partial charge in [-0.3, -0.25) is 10.1 Å². The Balaban J connectivity index is 2.41. The number of nitro groups is 1. The van der Waals surface area contributed by atoms with Gasteiger partial charge in [-0.15, -0.1) is 0 Å². The van der Waals surface area contributed by atoms with Crippen LogP contribution in [0.3, 0.4) is 0 Å². The second kappa shape index (κ2) is 5.22. The summed E-state index contributed by atoms with van der Waals surface area (Å²) in [6.07, 6.45) is 3.15. The van der Waals surface area contributed by atoms with E-state index in [1.165, 1.54) is 0 Å². The zero-order valence-corrected chi connectivity index (χ0v) is 12.2. The summed E-state index contributed by atoms with van der Waals surface area (Å²) >= 11 is 0. The average molecular weight is 279 g/mol. The van der Waals surface area contributed by atoms with Crippen molar-refractivity contribution in [2.75, 3.05) is 23.7 Å². The number of anilines is 2. The van der Waals surface area contributed by atoms with E-state index >= 15 is 0 Å². The van der Waals surface area contributed by atoms with Gasteiger partial charge in [0.1, 0.15) is 5.69 Å². The van der Waals surface area contributed by atoms with Crippen LogP contribution in [0.25, 0.3) is 0 Å². The molecule has 0 saturated carbocycles. The van der Waals surface area contributed by atoms with E-state index in [1.807, 2.05) is 4.90 Å². The highest BCUT2D eigenvalue weighted by Crippen LogP contribution is 2.41. The Morgan fingerprint density at radius 1 is 1.40 bits per heavy atom. The summed E-state index contributed by atoms with van der Waals surface area (Å²) in [5.41, 5.74) is 6.18. The van der Waals surface area contributed by atoms with Crippen LogP contribution >= 0.6 is 0 Å². The molecule has 1 aliphatic rings. The smallest absolute Gasteiger partial charge is 0.332 e. The highest BCUT2D eigenvalue weighted by atomic mass is 16.6.